The highest BCUT2D eigenvalue weighted by Gasteiger charge is 2.40. The van der Waals surface area contributed by atoms with E-state index in [4.69, 9.17) is 9.47 Å². The standard InChI is InChI=1S/C17H23FO2/c1-13-11-14(5-6-16(13)18)19-12-15-7-10-17(20-15)8-3-2-4-9-17/h5-6,11,15H,2-4,7-10,12H2,1H3. The summed E-state index contributed by atoms with van der Waals surface area (Å²) in [6, 6.07) is 4.90. The molecule has 1 aromatic carbocycles. The van der Waals surface area contributed by atoms with E-state index in [0.717, 1.165) is 12.2 Å². The maximum absolute atomic E-state index is 13.2. The SMILES string of the molecule is Cc1cc(OCC2CCC3(CCCCC3)O2)ccc1F. The average molecular weight is 278 g/mol. The predicted octanol–water partition coefficient (Wildman–Crippen LogP) is 4.39. The van der Waals surface area contributed by atoms with Crippen molar-refractivity contribution < 1.29 is 13.9 Å². The van der Waals surface area contributed by atoms with E-state index in [9.17, 15) is 4.39 Å². The lowest BCUT2D eigenvalue weighted by Gasteiger charge is -2.33. The van der Waals surface area contributed by atoms with Crippen molar-refractivity contribution >= 4 is 0 Å². The minimum Gasteiger partial charge on any atom is -0.491 e. The first-order valence-electron chi connectivity index (χ1n) is 7.74. The molecule has 0 bridgehead atoms. The topological polar surface area (TPSA) is 18.5 Å². The van der Waals surface area contributed by atoms with Crippen molar-refractivity contribution in [3.05, 3.63) is 29.6 Å². The van der Waals surface area contributed by atoms with Crippen LogP contribution in [0.3, 0.4) is 0 Å². The van der Waals surface area contributed by atoms with Crippen molar-refractivity contribution in [2.24, 2.45) is 0 Å². The van der Waals surface area contributed by atoms with Gasteiger partial charge < -0.3 is 9.47 Å². The van der Waals surface area contributed by atoms with E-state index in [-0.39, 0.29) is 17.5 Å². The van der Waals surface area contributed by atoms with Crippen LogP contribution in [0.15, 0.2) is 18.2 Å². The second-order valence-corrected chi connectivity index (χ2v) is 6.24. The van der Waals surface area contributed by atoms with Gasteiger partial charge in [-0.25, -0.2) is 4.39 Å². The van der Waals surface area contributed by atoms with Crippen LogP contribution in [0.5, 0.6) is 5.75 Å². The Morgan fingerprint density at radius 3 is 2.80 bits per heavy atom. The first-order chi connectivity index (χ1) is 9.67. The highest BCUT2D eigenvalue weighted by atomic mass is 19.1. The molecule has 1 saturated carbocycles. The van der Waals surface area contributed by atoms with Gasteiger partial charge in [-0.05, 0) is 56.4 Å². The van der Waals surface area contributed by atoms with Crippen molar-refractivity contribution in [3.8, 4) is 5.75 Å². The summed E-state index contributed by atoms with van der Waals surface area (Å²) < 4.78 is 25.2. The average Bonchev–Trinajstić information content (AvgIpc) is 2.84. The largest absolute Gasteiger partial charge is 0.491 e. The van der Waals surface area contributed by atoms with Crippen LogP contribution >= 0.6 is 0 Å². The fourth-order valence-corrected chi connectivity index (χ4v) is 3.47. The monoisotopic (exact) mass is 278 g/mol. The Kier molecular flexibility index (Phi) is 3.97. The molecule has 1 aliphatic carbocycles. The van der Waals surface area contributed by atoms with Gasteiger partial charge in [-0.2, -0.15) is 0 Å². The van der Waals surface area contributed by atoms with E-state index in [1.165, 1.54) is 44.6 Å². The molecule has 1 atom stereocenters. The van der Waals surface area contributed by atoms with Crippen molar-refractivity contribution in [2.45, 2.75) is 63.6 Å². The summed E-state index contributed by atoms with van der Waals surface area (Å²) >= 11 is 0. The maximum Gasteiger partial charge on any atom is 0.126 e. The van der Waals surface area contributed by atoms with Gasteiger partial charge in [0.1, 0.15) is 18.2 Å². The van der Waals surface area contributed by atoms with Crippen LogP contribution in [0, 0.1) is 12.7 Å². The Balaban J connectivity index is 1.53. The molecule has 20 heavy (non-hydrogen) atoms. The molecule has 1 aliphatic heterocycles. The van der Waals surface area contributed by atoms with E-state index >= 15 is 0 Å². The molecule has 2 fully saturated rings. The Morgan fingerprint density at radius 1 is 1.25 bits per heavy atom. The summed E-state index contributed by atoms with van der Waals surface area (Å²) in [6.45, 7) is 2.33. The Morgan fingerprint density at radius 2 is 2.05 bits per heavy atom. The summed E-state index contributed by atoms with van der Waals surface area (Å²) in [7, 11) is 0. The molecular weight excluding hydrogens is 255 g/mol. The smallest absolute Gasteiger partial charge is 0.126 e. The molecule has 0 radical (unpaired) electrons. The molecule has 1 saturated heterocycles. The van der Waals surface area contributed by atoms with Crippen LogP contribution in [0.1, 0.15) is 50.5 Å². The lowest BCUT2D eigenvalue weighted by atomic mass is 9.83. The number of hydrogen-bond donors (Lipinski definition) is 0. The molecule has 1 heterocycles. The fourth-order valence-electron chi connectivity index (χ4n) is 3.47. The molecular formula is C17H23FO2. The minimum absolute atomic E-state index is 0.144. The zero-order chi connectivity index (χ0) is 14.0. The van der Waals surface area contributed by atoms with Crippen molar-refractivity contribution in [3.63, 3.8) is 0 Å². The van der Waals surface area contributed by atoms with E-state index in [2.05, 4.69) is 0 Å². The Bertz CT molecular complexity index is 466. The van der Waals surface area contributed by atoms with Gasteiger partial charge in [-0.15, -0.1) is 0 Å². The van der Waals surface area contributed by atoms with Crippen LogP contribution in [0.2, 0.25) is 0 Å². The van der Waals surface area contributed by atoms with Crippen LogP contribution in [0.25, 0.3) is 0 Å². The molecule has 0 amide bonds. The number of hydrogen-bond acceptors (Lipinski definition) is 2. The third-order valence-corrected chi connectivity index (χ3v) is 4.67. The third kappa shape index (κ3) is 2.98. The molecule has 0 N–H and O–H groups in total. The highest BCUT2D eigenvalue weighted by Crippen LogP contribution is 2.41. The summed E-state index contributed by atoms with van der Waals surface area (Å²) in [5, 5.41) is 0. The van der Waals surface area contributed by atoms with Crippen molar-refractivity contribution in [1.82, 2.24) is 0 Å². The fraction of sp³-hybridized carbons (Fsp3) is 0.647. The number of aryl methyl sites for hydroxylation is 1. The van der Waals surface area contributed by atoms with E-state index in [0.29, 0.717) is 12.2 Å². The van der Waals surface area contributed by atoms with Crippen molar-refractivity contribution in [1.29, 1.82) is 0 Å². The number of ether oxygens (including phenoxy) is 2. The van der Waals surface area contributed by atoms with Gasteiger partial charge in [0, 0.05) is 0 Å². The van der Waals surface area contributed by atoms with Crippen molar-refractivity contribution in [2.75, 3.05) is 6.61 Å². The van der Waals surface area contributed by atoms with Gasteiger partial charge >= 0.3 is 0 Å². The zero-order valence-corrected chi connectivity index (χ0v) is 12.2. The molecule has 2 nitrogen and oxygen atoms in total. The third-order valence-electron chi connectivity index (χ3n) is 4.67. The van der Waals surface area contributed by atoms with Gasteiger partial charge in [-0.1, -0.05) is 19.3 Å². The van der Waals surface area contributed by atoms with Crippen LogP contribution in [0.4, 0.5) is 4.39 Å². The molecule has 2 aliphatic rings. The number of rotatable bonds is 3. The van der Waals surface area contributed by atoms with E-state index in [1.807, 2.05) is 0 Å². The Hall–Kier alpha value is -1.09. The van der Waals surface area contributed by atoms with Gasteiger partial charge in [-0.3, -0.25) is 0 Å². The number of halogens is 1. The summed E-state index contributed by atoms with van der Waals surface area (Å²) in [5.74, 6) is 0.549. The maximum atomic E-state index is 13.2. The van der Waals surface area contributed by atoms with E-state index < -0.39 is 0 Å². The van der Waals surface area contributed by atoms with Gasteiger partial charge in [0.25, 0.3) is 0 Å². The molecule has 0 aromatic heterocycles. The minimum atomic E-state index is -0.185. The lowest BCUT2D eigenvalue weighted by Crippen LogP contribution is -2.32. The predicted molar refractivity (Wildman–Crippen MR) is 76.6 cm³/mol. The van der Waals surface area contributed by atoms with Crippen LogP contribution in [-0.2, 0) is 4.74 Å². The summed E-state index contributed by atoms with van der Waals surface area (Å²) in [5.41, 5.74) is 0.768. The van der Waals surface area contributed by atoms with Gasteiger partial charge in [0.15, 0.2) is 0 Å². The molecule has 110 valence electrons. The lowest BCUT2D eigenvalue weighted by molar-refractivity contribution is -0.0748. The van der Waals surface area contributed by atoms with Gasteiger partial charge in [0.05, 0.1) is 11.7 Å². The molecule has 3 rings (SSSR count). The number of benzene rings is 1. The second-order valence-electron chi connectivity index (χ2n) is 6.24. The Labute approximate surface area is 120 Å². The summed E-state index contributed by atoms with van der Waals surface area (Å²) in [4.78, 5) is 0. The molecule has 1 unspecified atom stereocenters. The molecule has 3 heteroatoms. The first-order valence-corrected chi connectivity index (χ1v) is 7.74. The highest BCUT2D eigenvalue weighted by molar-refractivity contribution is 5.28. The quantitative estimate of drug-likeness (QED) is 0.816. The molecule has 1 spiro atoms. The second kappa shape index (κ2) is 5.72. The normalized spacial score (nSPS) is 25.0. The molecule has 1 aromatic rings. The first kappa shape index (κ1) is 13.9. The van der Waals surface area contributed by atoms with Crippen LogP contribution < -0.4 is 4.74 Å². The van der Waals surface area contributed by atoms with Gasteiger partial charge in [0.2, 0.25) is 0 Å². The van der Waals surface area contributed by atoms with Crippen LogP contribution in [-0.4, -0.2) is 18.3 Å². The van der Waals surface area contributed by atoms with E-state index in [1.54, 1.807) is 19.1 Å². The zero-order valence-electron chi connectivity index (χ0n) is 12.2. The summed E-state index contributed by atoms with van der Waals surface area (Å²) in [6.07, 6.45) is 8.80.